The molecule has 0 fully saturated rings. The summed E-state index contributed by atoms with van der Waals surface area (Å²) in [5.41, 5.74) is 0. The normalized spacial score (nSPS) is 12.1. The van der Waals surface area contributed by atoms with E-state index in [-0.39, 0.29) is 0 Å². The molecule has 0 bridgehead atoms. The summed E-state index contributed by atoms with van der Waals surface area (Å²) >= 11 is 0. The van der Waals surface area contributed by atoms with Crippen molar-refractivity contribution in [2.45, 2.75) is 19.4 Å². The van der Waals surface area contributed by atoms with Gasteiger partial charge in [-0.25, -0.2) is 4.79 Å². The van der Waals surface area contributed by atoms with E-state index in [0.717, 1.165) is 12.2 Å². The lowest BCUT2D eigenvalue weighted by atomic mass is 10.3. The third-order valence-electron chi connectivity index (χ3n) is 1.17. The largest absolute Gasteiger partial charge is 0.480 e. The van der Waals surface area contributed by atoms with Crippen molar-refractivity contribution < 1.29 is 14.7 Å². The monoisotopic (exact) mass is 223 g/mol. The number of carboxylic acids is 1. The number of nitrogens with one attached hydrogen (secondary N) is 1. The molecule has 0 rings (SSSR count). The van der Waals surface area contributed by atoms with Crippen molar-refractivity contribution in [1.82, 2.24) is 5.32 Å². The van der Waals surface area contributed by atoms with Gasteiger partial charge in [-0.1, -0.05) is 28.5 Å². The Morgan fingerprint density at radius 2 is 2.31 bits per heavy atom. The molecule has 2 N–H and O–H groups in total. The van der Waals surface area contributed by atoms with Crippen molar-refractivity contribution in [3.05, 3.63) is 0 Å². The molecule has 1 atom stereocenters. The maximum absolute atomic E-state index is 10.5. The van der Waals surface area contributed by atoms with E-state index < -0.39 is 12.0 Å². The first kappa shape index (κ1) is 12.6. The molecule has 0 spiro atoms. The molecular weight excluding hydrogens is 210 g/mol. The molecule has 13 heavy (non-hydrogen) atoms. The average molecular weight is 223 g/mol. The molecule has 1 unspecified atom stereocenters. The van der Waals surface area contributed by atoms with Crippen molar-refractivity contribution in [3.63, 3.8) is 0 Å². The van der Waals surface area contributed by atoms with Crippen LogP contribution in [-0.2, 0) is 9.59 Å². The van der Waals surface area contributed by atoms with E-state index in [1.165, 1.54) is 10.8 Å². The predicted molar refractivity (Wildman–Crippen MR) is 55.8 cm³/mol. The van der Waals surface area contributed by atoms with Crippen LogP contribution in [0, 0.1) is 0 Å². The summed E-state index contributed by atoms with van der Waals surface area (Å²) in [6.07, 6.45) is 1.49. The third kappa shape index (κ3) is 6.77. The second-order valence-electron chi connectivity index (χ2n) is 2.28. The summed E-state index contributed by atoms with van der Waals surface area (Å²) < 4.78 is 0. The van der Waals surface area contributed by atoms with Crippen LogP contribution in [0.3, 0.4) is 0 Å². The summed E-state index contributed by atoms with van der Waals surface area (Å²) in [6, 6.07) is -0.771. The minimum absolute atomic E-state index is 0.402. The first-order valence-corrected chi connectivity index (χ1v) is 6.38. The number of carboxylic acid groups (broad SMARTS) is 1. The third-order valence-corrected chi connectivity index (χ3v) is 3.79. The molecule has 0 aliphatic heterocycles. The Hall–Kier alpha value is -0.360. The van der Waals surface area contributed by atoms with Gasteiger partial charge in [0.1, 0.15) is 6.04 Å². The summed E-state index contributed by atoms with van der Waals surface area (Å²) in [7, 11) is 3.09. The van der Waals surface area contributed by atoms with Crippen LogP contribution in [0.2, 0.25) is 0 Å². The number of aliphatic carboxylic acids is 1. The van der Waals surface area contributed by atoms with Gasteiger partial charge in [-0.2, -0.15) is 0 Å². The number of hydrogen-bond acceptors (Lipinski definition) is 4. The van der Waals surface area contributed by atoms with Crippen LogP contribution < -0.4 is 5.32 Å². The SMILES string of the molecule is CCCSSCC(NC=O)C(=O)O. The predicted octanol–water partition coefficient (Wildman–Crippen LogP) is 0.977. The van der Waals surface area contributed by atoms with Crippen LogP contribution in [0.15, 0.2) is 0 Å². The van der Waals surface area contributed by atoms with E-state index in [2.05, 4.69) is 12.2 Å². The van der Waals surface area contributed by atoms with Gasteiger partial charge in [0, 0.05) is 11.5 Å². The minimum Gasteiger partial charge on any atom is -0.480 e. The molecule has 6 heteroatoms. The van der Waals surface area contributed by atoms with Gasteiger partial charge in [0.25, 0.3) is 0 Å². The van der Waals surface area contributed by atoms with Gasteiger partial charge in [-0.15, -0.1) is 0 Å². The lowest BCUT2D eigenvalue weighted by molar-refractivity contribution is -0.139. The van der Waals surface area contributed by atoms with Gasteiger partial charge in [-0.05, 0) is 6.42 Å². The highest BCUT2D eigenvalue weighted by Crippen LogP contribution is 2.22. The van der Waals surface area contributed by atoms with Crippen molar-refractivity contribution in [2.75, 3.05) is 11.5 Å². The van der Waals surface area contributed by atoms with Crippen LogP contribution in [0.4, 0.5) is 0 Å². The summed E-state index contributed by atoms with van der Waals surface area (Å²) in [4.78, 5) is 20.5. The smallest absolute Gasteiger partial charge is 0.327 e. The van der Waals surface area contributed by atoms with Crippen molar-refractivity contribution in [1.29, 1.82) is 0 Å². The standard InChI is InChI=1S/C7H13NO3S2/c1-2-3-12-13-4-6(7(10)11)8-5-9/h5-6H,2-4H2,1H3,(H,8,9)(H,10,11). The molecule has 76 valence electrons. The molecule has 0 aliphatic carbocycles. The van der Waals surface area contributed by atoms with E-state index in [0.29, 0.717) is 12.2 Å². The van der Waals surface area contributed by atoms with Gasteiger partial charge in [-0.3, -0.25) is 4.79 Å². The fourth-order valence-electron chi connectivity index (χ4n) is 0.531. The van der Waals surface area contributed by atoms with Crippen LogP contribution in [0.25, 0.3) is 0 Å². The molecule has 0 saturated carbocycles. The van der Waals surface area contributed by atoms with Crippen LogP contribution in [0.5, 0.6) is 0 Å². The second kappa shape index (κ2) is 8.25. The summed E-state index contributed by atoms with van der Waals surface area (Å²) in [5, 5.41) is 10.9. The zero-order chi connectivity index (χ0) is 10.1. The fourth-order valence-corrected chi connectivity index (χ4v) is 2.84. The average Bonchev–Trinajstić information content (AvgIpc) is 2.10. The number of carbonyl (C=O) groups is 2. The number of amides is 1. The Labute approximate surface area is 85.2 Å². The van der Waals surface area contributed by atoms with Gasteiger partial charge in [0.05, 0.1) is 0 Å². The number of hydrogen-bond donors (Lipinski definition) is 2. The fraction of sp³-hybridized carbons (Fsp3) is 0.714. The molecule has 0 aliphatic rings. The number of rotatable bonds is 8. The van der Waals surface area contributed by atoms with E-state index in [1.54, 1.807) is 10.8 Å². The molecular formula is C7H13NO3S2. The van der Waals surface area contributed by atoms with Gasteiger partial charge in [0.2, 0.25) is 6.41 Å². The van der Waals surface area contributed by atoms with E-state index >= 15 is 0 Å². The number of carbonyl (C=O) groups excluding carboxylic acids is 1. The highest BCUT2D eigenvalue weighted by molar-refractivity contribution is 8.76. The molecule has 0 aromatic heterocycles. The zero-order valence-electron chi connectivity index (χ0n) is 7.36. The van der Waals surface area contributed by atoms with E-state index in [1.807, 2.05) is 0 Å². The molecule has 1 amide bonds. The lowest BCUT2D eigenvalue weighted by Crippen LogP contribution is -2.37. The molecule has 0 heterocycles. The maximum atomic E-state index is 10.5. The molecule has 0 aromatic carbocycles. The Morgan fingerprint density at radius 1 is 1.62 bits per heavy atom. The Kier molecular flexibility index (Phi) is 8.02. The van der Waals surface area contributed by atoms with E-state index in [9.17, 15) is 9.59 Å². The molecule has 0 radical (unpaired) electrons. The van der Waals surface area contributed by atoms with Crippen molar-refractivity contribution in [3.8, 4) is 0 Å². The zero-order valence-corrected chi connectivity index (χ0v) is 8.99. The molecule has 0 saturated heterocycles. The van der Waals surface area contributed by atoms with Crippen molar-refractivity contribution in [2.24, 2.45) is 0 Å². The van der Waals surface area contributed by atoms with Gasteiger partial charge >= 0.3 is 5.97 Å². The van der Waals surface area contributed by atoms with Crippen LogP contribution in [-0.4, -0.2) is 35.0 Å². The Balaban J connectivity index is 3.56. The topological polar surface area (TPSA) is 66.4 Å². The Bertz CT molecular complexity index is 166. The van der Waals surface area contributed by atoms with Crippen LogP contribution in [0.1, 0.15) is 13.3 Å². The molecule has 4 nitrogen and oxygen atoms in total. The highest BCUT2D eigenvalue weighted by Gasteiger charge is 2.15. The highest BCUT2D eigenvalue weighted by atomic mass is 33.1. The molecule has 0 aromatic rings. The first-order chi connectivity index (χ1) is 6.22. The van der Waals surface area contributed by atoms with Gasteiger partial charge in [0.15, 0.2) is 0 Å². The second-order valence-corrected chi connectivity index (χ2v) is 4.91. The quantitative estimate of drug-likeness (QED) is 0.365. The maximum Gasteiger partial charge on any atom is 0.327 e. The summed E-state index contributed by atoms with van der Waals surface area (Å²) in [5.74, 6) is 0.410. The van der Waals surface area contributed by atoms with Crippen LogP contribution >= 0.6 is 21.6 Å². The minimum atomic E-state index is -0.989. The van der Waals surface area contributed by atoms with Gasteiger partial charge < -0.3 is 10.4 Å². The van der Waals surface area contributed by atoms with Crippen molar-refractivity contribution >= 4 is 34.0 Å². The Morgan fingerprint density at radius 3 is 2.77 bits per heavy atom. The first-order valence-electron chi connectivity index (χ1n) is 3.89. The summed E-state index contributed by atoms with van der Waals surface area (Å²) in [6.45, 7) is 2.06. The van der Waals surface area contributed by atoms with E-state index in [4.69, 9.17) is 5.11 Å². The lowest BCUT2D eigenvalue weighted by Gasteiger charge is -2.09.